The summed E-state index contributed by atoms with van der Waals surface area (Å²) in [6, 6.07) is 7.59. The van der Waals surface area contributed by atoms with Crippen LogP contribution in [0.1, 0.15) is 5.69 Å². The van der Waals surface area contributed by atoms with E-state index in [9.17, 15) is 0 Å². The Morgan fingerprint density at radius 3 is 2.71 bits per heavy atom. The first-order valence-electron chi connectivity index (χ1n) is 4.04. The highest BCUT2D eigenvalue weighted by atomic mass is 32.1. The van der Waals surface area contributed by atoms with Gasteiger partial charge in [0.2, 0.25) is 0 Å². The Labute approximate surface area is 86.1 Å². The van der Waals surface area contributed by atoms with E-state index in [1.165, 1.54) is 0 Å². The number of fused-ring (bicyclic) bond motifs is 1. The summed E-state index contributed by atoms with van der Waals surface area (Å²) in [5.41, 5.74) is 4.61. The number of thiocarbonyl (C=S) groups is 1. The predicted molar refractivity (Wildman–Crippen MR) is 58.6 cm³/mol. The van der Waals surface area contributed by atoms with E-state index >= 15 is 0 Å². The molecule has 0 saturated heterocycles. The van der Waals surface area contributed by atoms with Gasteiger partial charge in [-0.25, -0.2) is 10.8 Å². The first kappa shape index (κ1) is 8.98. The van der Waals surface area contributed by atoms with Crippen molar-refractivity contribution in [3.05, 3.63) is 36.2 Å². The number of nitrogens with one attached hydrogen (secondary N) is 1. The molecule has 5 heteroatoms. The Balaban J connectivity index is 2.56. The van der Waals surface area contributed by atoms with E-state index in [1.54, 1.807) is 6.20 Å². The molecule has 2 rings (SSSR count). The van der Waals surface area contributed by atoms with Crippen molar-refractivity contribution in [2.45, 2.75) is 0 Å². The predicted octanol–water partition coefficient (Wildman–Crippen LogP) is 0.769. The van der Waals surface area contributed by atoms with Crippen molar-refractivity contribution in [1.29, 1.82) is 0 Å². The first-order valence-corrected chi connectivity index (χ1v) is 4.45. The molecule has 0 saturated carbocycles. The maximum Gasteiger partial charge on any atom is 0.140 e. The van der Waals surface area contributed by atoms with Gasteiger partial charge in [-0.05, 0) is 12.1 Å². The summed E-state index contributed by atoms with van der Waals surface area (Å²) >= 11 is 4.95. The second kappa shape index (κ2) is 3.65. The lowest BCUT2D eigenvalue weighted by atomic mass is 10.3. The second-order valence-electron chi connectivity index (χ2n) is 2.72. The zero-order chi connectivity index (χ0) is 9.97. The lowest BCUT2D eigenvalue weighted by Gasteiger charge is -2.02. The van der Waals surface area contributed by atoms with Crippen LogP contribution in [-0.2, 0) is 0 Å². The van der Waals surface area contributed by atoms with Crippen LogP contribution in [0.2, 0.25) is 0 Å². The molecule has 0 atom stereocenters. The maximum atomic E-state index is 5.19. The Morgan fingerprint density at radius 2 is 2.00 bits per heavy atom. The third kappa shape index (κ3) is 1.55. The van der Waals surface area contributed by atoms with E-state index < -0.39 is 0 Å². The van der Waals surface area contributed by atoms with Crippen molar-refractivity contribution in [1.82, 2.24) is 15.4 Å². The number of benzene rings is 1. The van der Waals surface area contributed by atoms with Crippen molar-refractivity contribution in [2.24, 2.45) is 5.84 Å². The van der Waals surface area contributed by atoms with Gasteiger partial charge in [-0.3, -0.25) is 4.98 Å². The highest BCUT2D eigenvalue weighted by molar-refractivity contribution is 7.80. The Hall–Kier alpha value is -1.59. The number of aromatic nitrogens is 2. The molecule has 0 fully saturated rings. The average Bonchev–Trinajstić information content (AvgIpc) is 2.27. The number of hydrogen-bond donors (Lipinski definition) is 2. The molecule has 3 N–H and O–H groups in total. The summed E-state index contributed by atoms with van der Waals surface area (Å²) in [6.07, 6.45) is 1.60. The molecule has 14 heavy (non-hydrogen) atoms. The van der Waals surface area contributed by atoms with Gasteiger partial charge in [0.15, 0.2) is 0 Å². The molecule has 1 aromatic heterocycles. The summed E-state index contributed by atoms with van der Waals surface area (Å²) in [5, 5.41) is 0. The van der Waals surface area contributed by atoms with Crippen LogP contribution in [0, 0.1) is 0 Å². The minimum absolute atomic E-state index is 0.392. The molecule has 0 spiro atoms. The third-order valence-corrected chi connectivity index (χ3v) is 2.14. The van der Waals surface area contributed by atoms with Crippen molar-refractivity contribution in [3.8, 4) is 0 Å². The molecule has 0 amide bonds. The second-order valence-corrected chi connectivity index (χ2v) is 3.13. The topological polar surface area (TPSA) is 63.8 Å². The summed E-state index contributed by atoms with van der Waals surface area (Å²) in [6.45, 7) is 0. The van der Waals surface area contributed by atoms with Gasteiger partial charge >= 0.3 is 0 Å². The molecule has 0 bridgehead atoms. The monoisotopic (exact) mass is 204 g/mol. The van der Waals surface area contributed by atoms with Crippen LogP contribution >= 0.6 is 12.2 Å². The SMILES string of the molecule is NNC(=S)c1cnc2ccccc2n1. The largest absolute Gasteiger partial charge is 0.313 e. The van der Waals surface area contributed by atoms with Crippen molar-refractivity contribution in [3.63, 3.8) is 0 Å². The van der Waals surface area contributed by atoms with Crippen LogP contribution in [0.25, 0.3) is 11.0 Å². The average molecular weight is 204 g/mol. The van der Waals surface area contributed by atoms with Crippen LogP contribution in [-0.4, -0.2) is 15.0 Å². The molecule has 1 heterocycles. The highest BCUT2D eigenvalue weighted by Crippen LogP contribution is 2.08. The Bertz CT molecular complexity index is 483. The zero-order valence-corrected chi connectivity index (χ0v) is 8.08. The fourth-order valence-corrected chi connectivity index (χ4v) is 1.24. The van der Waals surface area contributed by atoms with Crippen LogP contribution < -0.4 is 11.3 Å². The number of hydrogen-bond acceptors (Lipinski definition) is 4. The summed E-state index contributed by atoms with van der Waals surface area (Å²) in [7, 11) is 0. The Morgan fingerprint density at radius 1 is 1.29 bits per heavy atom. The van der Waals surface area contributed by atoms with E-state index in [0.717, 1.165) is 11.0 Å². The quantitative estimate of drug-likeness (QED) is 0.408. The van der Waals surface area contributed by atoms with Gasteiger partial charge in [0, 0.05) is 0 Å². The number of rotatable bonds is 1. The van der Waals surface area contributed by atoms with Crippen molar-refractivity contribution >= 4 is 28.2 Å². The smallest absolute Gasteiger partial charge is 0.140 e. The highest BCUT2D eigenvalue weighted by Gasteiger charge is 2.02. The minimum Gasteiger partial charge on any atom is -0.313 e. The van der Waals surface area contributed by atoms with E-state index in [-0.39, 0.29) is 0 Å². The van der Waals surface area contributed by atoms with Gasteiger partial charge < -0.3 is 5.43 Å². The van der Waals surface area contributed by atoms with E-state index in [4.69, 9.17) is 18.1 Å². The van der Waals surface area contributed by atoms with Crippen molar-refractivity contribution in [2.75, 3.05) is 0 Å². The molecular formula is C9H8N4S. The first-order chi connectivity index (χ1) is 6.81. The van der Waals surface area contributed by atoms with Gasteiger partial charge in [-0.1, -0.05) is 24.4 Å². The number of nitrogens with two attached hydrogens (primary N) is 1. The van der Waals surface area contributed by atoms with Crippen LogP contribution in [0.4, 0.5) is 0 Å². The fraction of sp³-hybridized carbons (Fsp3) is 0. The van der Waals surface area contributed by atoms with Gasteiger partial charge in [0.1, 0.15) is 10.7 Å². The number of para-hydroxylation sites is 2. The summed E-state index contributed by atoms with van der Waals surface area (Å²) in [4.78, 5) is 8.90. The van der Waals surface area contributed by atoms with Crippen LogP contribution in [0.15, 0.2) is 30.5 Å². The summed E-state index contributed by atoms with van der Waals surface area (Å²) in [5.74, 6) is 5.19. The molecule has 0 unspecified atom stereocenters. The standard InChI is InChI=1S/C9H8N4S/c10-13-9(14)8-5-11-6-3-1-2-4-7(6)12-8/h1-5H,10H2,(H,13,14). The zero-order valence-electron chi connectivity index (χ0n) is 7.27. The van der Waals surface area contributed by atoms with Gasteiger partial charge in [0.05, 0.1) is 17.2 Å². The van der Waals surface area contributed by atoms with Gasteiger partial charge in [-0.15, -0.1) is 0 Å². The molecule has 1 aromatic carbocycles. The minimum atomic E-state index is 0.392. The lowest BCUT2D eigenvalue weighted by Crippen LogP contribution is -2.29. The lowest BCUT2D eigenvalue weighted by molar-refractivity contribution is 1.04. The third-order valence-electron chi connectivity index (χ3n) is 1.81. The van der Waals surface area contributed by atoms with Crippen LogP contribution in [0.5, 0.6) is 0 Å². The van der Waals surface area contributed by atoms with Gasteiger partial charge in [0.25, 0.3) is 0 Å². The fourth-order valence-electron chi connectivity index (χ4n) is 1.14. The molecule has 4 nitrogen and oxygen atoms in total. The molecule has 0 radical (unpaired) electrons. The number of nitrogens with zero attached hydrogens (tertiary/aromatic N) is 2. The Kier molecular flexibility index (Phi) is 2.34. The molecular weight excluding hydrogens is 196 g/mol. The van der Waals surface area contributed by atoms with Crippen molar-refractivity contribution < 1.29 is 0 Å². The normalized spacial score (nSPS) is 10.1. The molecule has 2 aromatic rings. The van der Waals surface area contributed by atoms with E-state index in [1.807, 2.05) is 24.3 Å². The number of hydrazine groups is 1. The molecule has 70 valence electrons. The molecule has 0 aliphatic carbocycles. The van der Waals surface area contributed by atoms with Crippen LogP contribution in [0.3, 0.4) is 0 Å². The van der Waals surface area contributed by atoms with Gasteiger partial charge in [-0.2, -0.15) is 0 Å². The van der Waals surface area contributed by atoms with E-state index in [0.29, 0.717) is 10.7 Å². The van der Waals surface area contributed by atoms with E-state index in [2.05, 4.69) is 15.4 Å². The maximum absolute atomic E-state index is 5.19. The molecule has 0 aliphatic rings. The molecule has 0 aliphatic heterocycles. The summed E-state index contributed by atoms with van der Waals surface area (Å²) < 4.78 is 0.